The second-order valence-corrected chi connectivity index (χ2v) is 6.80. The predicted molar refractivity (Wildman–Crippen MR) is 103 cm³/mol. The molecule has 0 spiro atoms. The molecule has 1 aromatic carbocycles. The number of nitrogens with two attached hydrogens (primary N) is 1. The van der Waals surface area contributed by atoms with E-state index >= 15 is 0 Å². The van der Waals surface area contributed by atoms with Crippen LogP contribution in [0.25, 0.3) is 0 Å². The molecule has 0 radical (unpaired) electrons. The van der Waals surface area contributed by atoms with Gasteiger partial charge in [0, 0.05) is 30.4 Å². The van der Waals surface area contributed by atoms with Crippen LogP contribution < -0.4 is 5.73 Å². The van der Waals surface area contributed by atoms with Crippen molar-refractivity contribution in [2.24, 2.45) is 10.7 Å². The third-order valence-corrected chi connectivity index (χ3v) is 4.72. The van der Waals surface area contributed by atoms with Crippen LogP contribution in [0, 0.1) is 0 Å². The molecule has 2 rings (SSSR count). The van der Waals surface area contributed by atoms with Crippen LogP contribution in [0.5, 0.6) is 0 Å². The first kappa shape index (κ1) is 20.6. The molecule has 0 amide bonds. The molecule has 23 heavy (non-hydrogen) atoms. The second-order valence-electron chi connectivity index (χ2n) is 5.25. The van der Waals surface area contributed by atoms with Crippen LogP contribution in [0.3, 0.4) is 0 Å². The van der Waals surface area contributed by atoms with Crippen molar-refractivity contribution >= 4 is 40.9 Å². The van der Waals surface area contributed by atoms with E-state index in [1.165, 1.54) is 5.56 Å². The van der Waals surface area contributed by atoms with Gasteiger partial charge in [-0.1, -0.05) is 35.5 Å². The van der Waals surface area contributed by atoms with E-state index < -0.39 is 0 Å². The van der Waals surface area contributed by atoms with Crippen LogP contribution in [-0.2, 0) is 11.2 Å². The fraction of sp³-hybridized carbons (Fsp3) is 0.562. The number of nitrogens with zero attached hydrogens (tertiary/aromatic N) is 2. The van der Waals surface area contributed by atoms with Crippen molar-refractivity contribution in [1.29, 1.82) is 0 Å². The Morgan fingerprint density at radius 3 is 2.65 bits per heavy atom. The zero-order chi connectivity index (χ0) is 15.6. The van der Waals surface area contributed by atoms with Gasteiger partial charge < -0.3 is 10.5 Å². The molecule has 1 saturated heterocycles. The molecular weight excluding hydrogens is 353 g/mol. The van der Waals surface area contributed by atoms with Crippen molar-refractivity contribution < 1.29 is 4.74 Å². The maximum atomic E-state index is 5.94. The summed E-state index contributed by atoms with van der Waals surface area (Å²) in [6.45, 7) is 5.67. The minimum atomic E-state index is 0. The van der Waals surface area contributed by atoms with E-state index in [9.17, 15) is 0 Å². The quantitative estimate of drug-likeness (QED) is 0.450. The summed E-state index contributed by atoms with van der Waals surface area (Å²) in [5, 5.41) is 1.46. The third-order valence-electron chi connectivity index (χ3n) is 3.55. The highest BCUT2D eigenvalue weighted by atomic mass is 35.5. The smallest absolute Gasteiger partial charge is 0.153 e. The number of morpholine rings is 1. The molecule has 1 heterocycles. The van der Waals surface area contributed by atoms with Crippen molar-refractivity contribution in [1.82, 2.24) is 4.90 Å². The number of ether oxygens (including phenoxy) is 1. The molecule has 0 aromatic heterocycles. The van der Waals surface area contributed by atoms with Gasteiger partial charge in [-0.2, -0.15) is 0 Å². The Balaban J connectivity index is 0.00000264. The van der Waals surface area contributed by atoms with Crippen LogP contribution in [0.1, 0.15) is 12.0 Å². The Hall–Kier alpha value is -0.460. The Labute approximate surface area is 154 Å². The minimum absolute atomic E-state index is 0. The van der Waals surface area contributed by atoms with E-state index in [1.807, 2.05) is 24.3 Å². The first-order valence-electron chi connectivity index (χ1n) is 7.71. The Bertz CT molecular complexity index is 465. The van der Waals surface area contributed by atoms with Gasteiger partial charge in [-0.05, 0) is 37.1 Å². The number of hydrogen-bond acceptors (Lipinski definition) is 4. The molecule has 1 aromatic rings. The van der Waals surface area contributed by atoms with E-state index in [0.717, 1.165) is 63.0 Å². The first-order valence-corrected chi connectivity index (χ1v) is 9.07. The van der Waals surface area contributed by atoms with Crippen molar-refractivity contribution in [3.05, 3.63) is 34.9 Å². The number of thioether (sulfide) groups is 1. The van der Waals surface area contributed by atoms with Crippen molar-refractivity contribution in [3.63, 3.8) is 0 Å². The fourth-order valence-corrected chi connectivity index (χ4v) is 3.07. The maximum absolute atomic E-state index is 5.94. The van der Waals surface area contributed by atoms with Crippen LogP contribution in [-0.4, -0.2) is 55.2 Å². The molecule has 4 nitrogen and oxygen atoms in total. The summed E-state index contributed by atoms with van der Waals surface area (Å²) >= 11 is 7.51. The van der Waals surface area contributed by atoms with Gasteiger partial charge >= 0.3 is 0 Å². The molecule has 0 aliphatic carbocycles. The lowest BCUT2D eigenvalue weighted by atomic mass is 10.2. The summed E-state index contributed by atoms with van der Waals surface area (Å²) in [4.78, 5) is 6.86. The fourth-order valence-electron chi connectivity index (χ4n) is 2.28. The van der Waals surface area contributed by atoms with E-state index in [4.69, 9.17) is 22.1 Å². The largest absolute Gasteiger partial charge is 0.379 e. The minimum Gasteiger partial charge on any atom is -0.379 e. The summed E-state index contributed by atoms with van der Waals surface area (Å²) in [6, 6.07) is 7.88. The molecular formula is C16H25Cl2N3OS. The van der Waals surface area contributed by atoms with E-state index in [0.29, 0.717) is 5.17 Å². The summed E-state index contributed by atoms with van der Waals surface area (Å²) in [5.74, 6) is 1.02. The van der Waals surface area contributed by atoms with Gasteiger partial charge in [0.15, 0.2) is 5.17 Å². The summed E-state index contributed by atoms with van der Waals surface area (Å²) in [6.07, 6.45) is 2.03. The molecule has 1 aliphatic rings. The second kappa shape index (κ2) is 12.0. The first-order chi connectivity index (χ1) is 10.7. The summed E-state index contributed by atoms with van der Waals surface area (Å²) in [5.41, 5.74) is 7.17. The van der Waals surface area contributed by atoms with Crippen LogP contribution >= 0.6 is 35.8 Å². The predicted octanol–water partition coefficient (Wildman–Crippen LogP) is 3.07. The summed E-state index contributed by atoms with van der Waals surface area (Å²) in [7, 11) is 0. The van der Waals surface area contributed by atoms with Gasteiger partial charge in [0.1, 0.15) is 0 Å². The Kier molecular flexibility index (Phi) is 10.7. The van der Waals surface area contributed by atoms with E-state index in [1.54, 1.807) is 11.8 Å². The number of rotatable bonds is 7. The lowest BCUT2D eigenvalue weighted by Crippen LogP contribution is -2.37. The maximum Gasteiger partial charge on any atom is 0.153 e. The van der Waals surface area contributed by atoms with Gasteiger partial charge in [0.25, 0.3) is 0 Å². The Morgan fingerprint density at radius 1 is 1.26 bits per heavy atom. The lowest BCUT2D eigenvalue weighted by molar-refractivity contribution is 0.0381. The lowest BCUT2D eigenvalue weighted by Gasteiger charge is -2.26. The number of halogens is 2. The SMILES string of the molecule is Cl.NC(=NCCc1ccc(Cl)cc1)SCCCN1CCOCC1. The van der Waals surface area contributed by atoms with Crippen molar-refractivity contribution in [2.45, 2.75) is 12.8 Å². The molecule has 130 valence electrons. The number of hydrogen-bond donors (Lipinski definition) is 1. The monoisotopic (exact) mass is 377 g/mol. The molecule has 7 heteroatoms. The summed E-state index contributed by atoms with van der Waals surface area (Å²) < 4.78 is 5.34. The van der Waals surface area contributed by atoms with Crippen LogP contribution in [0.2, 0.25) is 5.02 Å². The average Bonchev–Trinajstić information content (AvgIpc) is 2.54. The highest BCUT2D eigenvalue weighted by molar-refractivity contribution is 8.13. The average molecular weight is 378 g/mol. The normalized spacial score (nSPS) is 16.1. The third kappa shape index (κ3) is 8.82. The van der Waals surface area contributed by atoms with E-state index in [-0.39, 0.29) is 12.4 Å². The number of aliphatic imine (C=N–C) groups is 1. The Morgan fingerprint density at radius 2 is 1.96 bits per heavy atom. The molecule has 1 fully saturated rings. The molecule has 0 unspecified atom stereocenters. The zero-order valence-electron chi connectivity index (χ0n) is 13.2. The number of amidine groups is 1. The van der Waals surface area contributed by atoms with E-state index in [2.05, 4.69) is 9.89 Å². The van der Waals surface area contributed by atoms with Crippen LogP contribution in [0.15, 0.2) is 29.3 Å². The van der Waals surface area contributed by atoms with Gasteiger partial charge in [-0.15, -0.1) is 12.4 Å². The topological polar surface area (TPSA) is 50.8 Å². The van der Waals surface area contributed by atoms with Gasteiger partial charge in [-0.25, -0.2) is 0 Å². The zero-order valence-corrected chi connectivity index (χ0v) is 15.6. The van der Waals surface area contributed by atoms with Gasteiger partial charge in [0.2, 0.25) is 0 Å². The highest BCUT2D eigenvalue weighted by Crippen LogP contribution is 2.10. The van der Waals surface area contributed by atoms with Crippen LogP contribution in [0.4, 0.5) is 0 Å². The van der Waals surface area contributed by atoms with Crippen molar-refractivity contribution in [3.8, 4) is 0 Å². The van der Waals surface area contributed by atoms with Gasteiger partial charge in [-0.3, -0.25) is 9.89 Å². The highest BCUT2D eigenvalue weighted by Gasteiger charge is 2.09. The molecule has 0 saturated carbocycles. The molecule has 0 atom stereocenters. The number of benzene rings is 1. The molecule has 2 N–H and O–H groups in total. The molecule has 0 bridgehead atoms. The standard InChI is InChI=1S/C16H24ClN3OS.ClH/c17-15-4-2-14(3-5-15)6-7-19-16(18)22-13-1-8-20-9-11-21-12-10-20;/h2-5H,1,6-13H2,(H2,18,19);1H. The van der Waals surface area contributed by atoms with Gasteiger partial charge in [0.05, 0.1) is 13.2 Å². The van der Waals surface area contributed by atoms with Crippen molar-refractivity contribution in [2.75, 3.05) is 45.1 Å². The molecule has 1 aliphatic heterocycles.